The first-order valence-electron chi connectivity index (χ1n) is 6.85. The highest BCUT2D eigenvalue weighted by Crippen LogP contribution is 2.22. The van der Waals surface area contributed by atoms with Gasteiger partial charge in [0.25, 0.3) is 0 Å². The Bertz CT molecular complexity index is 210. The molecule has 1 aliphatic heterocycles. The first-order chi connectivity index (χ1) is 7.79. The summed E-state index contributed by atoms with van der Waals surface area (Å²) in [5.74, 6) is 0. The zero-order valence-corrected chi connectivity index (χ0v) is 10.3. The number of nitrogens with one attached hydrogen (secondary N) is 1. The summed E-state index contributed by atoms with van der Waals surface area (Å²) in [5, 5.41) is 13.6. The SMILES string of the molecule is CCC1CC(NC2CCCCC2O)CCO1. The first-order valence-corrected chi connectivity index (χ1v) is 6.85. The van der Waals surface area contributed by atoms with E-state index in [0.29, 0.717) is 18.2 Å². The number of ether oxygens (including phenoxy) is 1. The normalized spacial score (nSPS) is 40.9. The summed E-state index contributed by atoms with van der Waals surface area (Å²) in [4.78, 5) is 0. The van der Waals surface area contributed by atoms with Crippen molar-refractivity contribution in [3.05, 3.63) is 0 Å². The van der Waals surface area contributed by atoms with E-state index >= 15 is 0 Å². The van der Waals surface area contributed by atoms with Crippen molar-refractivity contribution in [3.8, 4) is 0 Å². The molecule has 2 N–H and O–H groups in total. The van der Waals surface area contributed by atoms with Gasteiger partial charge in [0.1, 0.15) is 0 Å². The lowest BCUT2D eigenvalue weighted by molar-refractivity contribution is -0.00910. The minimum atomic E-state index is -0.128. The van der Waals surface area contributed by atoms with Crippen molar-refractivity contribution in [2.45, 2.75) is 76.2 Å². The molecule has 1 heterocycles. The summed E-state index contributed by atoms with van der Waals surface area (Å²) >= 11 is 0. The molecule has 3 nitrogen and oxygen atoms in total. The van der Waals surface area contributed by atoms with E-state index in [2.05, 4.69) is 12.2 Å². The fourth-order valence-electron chi connectivity index (χ4n) is 2.92. The monoisotopic (exact) mass is 227 g/mol. The van der Waals surface area contributed by atoms with Crippen LogP contribution in [0.5, 0.6) is 0 Å². The number of hydrogen-bond acceptors (Lipinski definition) is 3. The molecular formula is C13H25NO2. The Morgan fingerprint density at radius 2 is 2.06 bits per heavy atom. The van der Waals surface area contributed by atoms with E-state index in [-0.39, 0.29) is 6.10 Å². The Morgan fingerprint density at radius 3 is 2.81 bits per heavy atom. The molecule has 1 saturated carbocycles. The summed E-state index contributed by atoms with van der Waals surface area (Å²) in [5.41, 5.74) is 0. The lowest BCUT2D eigenvalue weighted by Crippen LogP contribution is -2.49. The zero-order valence-electron chi connectivity index (χ0n) is 10.3. The van der Waals surface area contributed by atoms with Gasteiger partial charge >= 0.3 is 0 Å². The van der Waals surface area contributed by atoms with E-state index in [1.165, 1.54) is 12.8 Å². The predicted molar refractivity (Wildman–Crippen MR) is 64.5 cm³/mol. The molecule has 2 aliphatic rings. The maximum absolute atomic E-state index is 9.93. The minimum absolute atomic E-state index is 0.128. The summed E-state index contributed by atoms with van der Waals surface area (Å²) in [6.07, 6.45) is 8.15. The Kier molecular flexibility index (Phi) is 4.62. The Morgan fingerprint density at radius 1 is 1.25 bits per heavy atom. The predicted octanol–water partition coefficient (Wildman–Crippen LogP) is 1.84. The molecular weight excluding hydrogens is 202 g/mol. The van der Waals surface area contributed by atoms with Crippen LogP contribution in [-0.2, 0) is 4.74 Å². The van der Waals surface area contributed by atoms with Crippen LogP contribution in [-0.4, -0.2) is 36.0 Å². The maximum atomic E-state index is 9.93. The molecule has 0 bridgehead atoms. The van der Waals surface area contributed by atoms with E-state index in [4.69, 9.17) is 4.74 Å². The van der Waals surface area contributed by atoms with Crippen molar-refractivity contribution < 1.29 is 9.84 Å². The lowest BCUT2D eigenvalue weighted by Gasteiger charge is -2.36. The average Bonchev–Trinajstić information content (AvgIpc) is 2.32. The van der Waals surface area contributed by atoms with Crippen LogP contribution >= 0.6 is 0 Å². The Labute approximate surface area is 98.6 Å². The summed E-state index contributed by atoms with van der Waals surface area (Å²) in [6.45, 7) is 3.06. The molecule has 16 heavy (non-hydrogen) atoms. The van der Waals surface area contributed by atoms with Crippen molar-refractivity contribution in [1.29, 1.82) is 0 Å². The van der Waals surface area contributed by atoms with Crippen molar-refractivity contribution >= 4 is 0 Å². The molecule has 0 aromatic heterocycles. The molecule has 0 spiro atoms. The van der Waals surface area contributed by atoms with E-state index in [1.807, 2.05) is 0 Å². The molecule has 1 saturated heterocycles. The second-order valence-electron chi connectivity index (χ2n) is 5.25. The maximum Gasteiger partial charge on any atom is 0.0693 e. The topological polar surface area (TPSA) is 41.5 Å². The molecule has 94 valence electrons. The standard InChI is InChI=1S/C13H25NO2/c1-2-11-9-10(7-8-16-11)14-12-5-3-4-6-13(12)15/h10-15H,2-9H2,1H3. The van der Waals surface area contributed by atoms with Crippen molar-refractivity contribution in [1.82, 2.24) is 5.32 Å². The molecule has 4 unspecified atom stereocenters. The third-order valence-electron chi connectivity index (χ3n) is 4.00. The second kappa shape index (κ2) is 5.99. The van der Waals surface area contributed by atoms with Crippen LogP contribution in [0.3, 0.4) is 0 Å². The van der Waals surface area contributed by atoms with Gasteiger partial charge in [-0.1, -0.05) is 19.8 Å². The van der Waals surface area contributed by atoms with Crippen molar-refractivity contribution in [2.75, 3.05) is 6.61 Å². The molecule has 0 amide bonds. The largest absolute Gasteiger partial charge is 0.392 e. The van der Waals surface area contributed by atoms with Gasteiger partial charge in [-0.3, -0.25) is 0 Å². The van der Waals surface area contributed by atoms with Crippen LogP contribution in [0.2, 0.25) is 0 Å². The van der Waals surface area contributed by atoms with Crippen LogP contribution in [0.1, 0.15) is 51.9 Å². The van der Waals surface area contributed by atoms with Gasteiger partial charge in [0.2, 0.25) is 0 Å². The third kappa shape index (κ3) is 3.19. The van der Waals surface area contributed by atoms with E-state index in [9.17, 15) is 5.11 Å². The quantitative estimate of drug-likeness (QED) is 0.773. The van der Waals surface area contributed by atoms with Crippen LogP contribution in [0.4, 0.5) is 0 Å². The summed E-state index contributed by atoms with van der Waals surface area (Å²) in [6, 6.07) is 0.880. The summed E-state index contributed by atoms with van der Waals surface area (Å²) in [7, 11) is 0. The van der Waals surface area contributed by atoms with Gasteiger partial charge in [0.15, 0.2) is 0 Å². The lowest BCUT2D eigenvalue weighted by atomic mass is 9.90. The number of rotatable bonds is 3. The Hall–Kier alpha value is -0.120. The highest BCUT2D eigenvalue weighted by Gasteiger charge is 2.28. The van der Waals surface area contributed by atoms with Gasteiger partial charge in [-0.25, -0.2) is 0 Å². The van der Waals surface area contributed by atoms with Gasteiger partial charge in [0.05, 0.1) is 12.2 Å². The van der Waals surface area contributed by atoms with Gasteiger partial charge in [-0.15, -0.1) is 0 Å². The molecule has 2 fully saturated rings. The van der Waals surface area contributed by atoms with Gasteiger partial charge in [-0.2, -0.15) is 0 Å². The smallest absolute Gasteiger partial charge is 0.0693 e. The van der Waals surface area contributed by atoms with Gasteiger partial charge in [-0.05, 0) is 32.1 Å². The summed E-state index contributed by atoms with van der Waals surface area (Å²) < 4.78 is 5.67. The fourth-order valence-corrected chi connectivity index (χ4v) is 2.92. The van der Waals surface area contributed by atoms with Crippen LogP contribution in [0.25, 0.3) is 0 Å². The highest BCUT2D eigenvalue weighted by molar-refractivity contribution is 4.86. The van der Waals surface area contributed by atoms with Gasteiger partial charge < -0.3 is 15.2 Å². The molecule has 0 radical (unpaired) electrons. The van der Waals surface area contributed by atoms with Crippen LogP contribution in [0.15, 0.2) is 0 Å². The third-order valence-corrected chi connectivity index (χ3v) is 4.00. The second-order valence-corrected chi connectivity index (χ2v) is 5.25. The Balaban J connectivity index is 1.79. The van der Waals surface area contributed by atoms with E-state index in [1.54, 1.807) is 0 Å². The van der Waals surface area contributed by atoms with E-state index < -0.39 is 0 Å². The molecule has 3 heteroatoms. The molecule has 0 aromatic rings. The molecule has 4 atom stereocenters. The number of hydrogen-bond donors (Lipinski definition) is 2. The minimum Gasteiger partial charge on any atom is -0.392 e. The fraction of sp³-hybridized carbons (Fsp3) is 1.00. The van der Waals surface area contributed by atoms with Gasteiger partial charge in [0, 0.05) is 18.7 Å². The van der Waals surface area contributed by atoms with Crippen LogP contribution < -0.4 is 5.32 Å². The first kappa shape index (κ1) is 12.3. The average molecular weight is 227 g/mol. The highest BCUT2D eigenvalue weighted by atomic mass is 16.5. The molecule has 2 rings (SSSR count). The van der Waals surface area contributed by atoms with Crippen molar-refractivity contribution in [2.24, 2.45) is 0 Å². The van der Waals surface area contributed by atoms with Crippen molar-refractivity contribution in [3.63, 3.8) is 0 Å². The van der Waals surface area contributed by atoms with E-state index in [0.717, 1.165) is 38.7 Å². The van der Waals surface area contributed by atoms with Crippen LogP contribution in [0, 0.1) is 0 Å². The zero-order chi connectivity index (χ0) is 11.4. The molecule has 1 aliphatic carbocycles. The molecule has 0 aromatic carbocycles. The number of aliphatic hydroxyl groups excluding tert-OH is 1. The number of aliphatic hydroxyl groups is 1.